The molecule has 2 aliphatic heterocycles. The molecule has 3 heterocycles. The van der Waals surface area contributed by atoms with Gasteiger partial charge in [0.2, 0.25) is 0 Å². The molecule has 0 bridgehead atoms. The van der Waals surface area contributed by atoms with E-state index in [0.29, 0.717) is 25.5 Å². The van der Waals surface area contributed by atoms with Gasteiger partial charge in [-0.1, -0.05) is 51.1 Å². The second-order valence-electron chi connectivity index (χ2n) is 12.9. The summed E-state index contributed by atoms with van der Waals surface area (Å²) in [6.07, 6.45) is -1.43. The van der Waals surface area contributed by atoms with Crippen LogP contribution in [-0.4, -0.2) is 81.7 Å². The molecule has 2 aliphatic rings. The van der Waals surface area contributed by atoms with Crippen molar-refractivity contribution in [2.75, 3.05) is 32.7 Å². The number of benzene rings is 2. The molecule has 0 radical (unpaired) electrons. The van der Waals surface area contributed by atoms with Crippen LogP contribution in [0.5, 0.6) is 0 Å². The summed E-state index contributed by atoms with van der Waals surface area (Å²) in [6, 6.07) is 11.9. The summed E-state index contributed by atoms with van der Waals surface area (Å²) < 4.78 is 51.9. The van der Waals surface area contributed by atoms with E-state index in [4.69, 9.17) is 9.72 Å². The molecule has 11 heteroatoms. The predicted molar refractivity (Wildman–Crippen MR) is 158 cm³/mol. The number of urea groups is 1. The van der Waals surface area contributed by atoms with Gasteiger partial charge < -0.3 is 19.9 Å². The summed E-state index contributed by atoms with van der Waals surface area (Å²) in [4.78, 5) is 22.8. The Morgan fingerprint density at radius 2 is 1.79 bits per heavy atom. The van der Waals surface area contributed by atoms with Crippen LogP contribution in [-0.2, 0) is 11.3 Å². The number of carbonyl (C=O) groups is 1. The van der Waals surface area contributed by atoms with Crippen LogP contribution in [0.1, 0.15) is 52.0 Å². The van der Waals surface area contributed by atoms with Crippen molar-refractivity contribution in [3.05, 3.63) is 71.6 Å². The minimum Gasteiger partial charge on any atom is -0.372 e. The number of nitrogens with zero attached hydrogens (tertiary/aromatic N) is 5. The van der Waals surface area contributed by atoms with Gasteiger partial charge in [0.1, 0.15) is 17.8 Å². The molecule has 43 heavy (non-hydrogen) atoms. The maximum atomic E-state index is 15.1. The summed E-state index contributed by atoms with van der Waals surface area (Å²) in [5.41, 5.74) is 0.249. The lowest BCUT2D eigenvalue weighted by atomic mass is 9.84. The number of hydrogen-bond donors (Lipinski definition) is 1. The molecule has 0 spiro atoms. The van der Waals surface area contributed by atoms with E-state index in [1.165, 1.54) is 0 Å². The van der Waals surface area contributed by atoms with Gasteiger partial charge in [-0.15, -0.1) is 0 Å². The molecule has 2 aromatic carbocycles. The highest BCUT2D eigenvalue weighted by Gasteiger charge is 2.44. The Labute approximate surface area is 251 Å². The second-order valence-corrected chi connectivity index (χ2v) is 12.9. The van der Waals surface area contributed by atoms with E-state index in [2.05, 4.69) is 10.4 Å². The van der Waals surface area contributed by atoms with Crippen LogP contribution in [0.4, 0.5) is 18.0 Å². The van der Waals surface area contributed by atoms with Crippen LogP contribution in [0.2, 0.25) is 0 Å². The van der Waals surface area contributed by atoms with Crippen molar-refractivity contribution < 1.29 is 22.7 Å². The van der Waals surface area contributed by atoms with Crippen LogP contribution < -0.4 is 5.32 Å². The monoisotopic (exact) mass is 598 g/mol. The minimum absolute atomic E-state index is 0.0177. The number of ether oxygens (including phenoxy) is 1. The largest absolute Gasteiger partial charge is 0.372 e. The number of nitrogens with one attached hydrogen (secondary N) is 1. The molecule has 2 saturated heterocycles. The quantitative estimate of drug-likeness (QED) is 0.392. The zero-order valence-corrected chi connectivity index (χ0v) is 25.4. The smallest absolute Gasteiger partial charge is 0.320 e. The topological polar surface area (TPSA) is 75.5 Å². The molecule has 232 valence electrons. The fourth-order valence-electron chi connectivity index (χ4n) is 6.15. The van der Waals surface area contributed by atoms with Gasteiger partial charge in [0.05, 0.1) is 30.4 Å². The summed E-state index contributed by atoms with van der Waals surface area (Å²) in [5, 5.41) is 7.78. The van der Waals surface area contributed by atoms with Gasteiger partial charge in [-0.05, 0) is 43.0 Å². The third-order valence-electron chi connectivity index (χ3n) is 8.05. The first-order chi connectivity index (χ1) is 20.4. The standard InChI is InChI=1S/C32H41F3N6O2/c1-20-16-39(17-21(2)43-20)31(42)40(19-23-14-36-15-27(23)35)28(32(3,4)5)30-37-29(25-13-24(33)11-12-26(25)34)38-41(30)18-22-9-7-6-8-10-22/h6-13,20-21,23,27-28,36H,14-19H2,1-5H3/t20?,21?,23-,27+,28+/m1/s1. The maximum Gasteiger partial charge on any atom is 0.320 e. The highest BCUT2D eigenvalue weighted by Crippen LogP contribution is 2.40. The SMILES string of the molecule is CC1CN(C(=O)N(C[C@H]2CNC[C@@H]2F)[C@@H](c2nc(-c3cc(F)ccc3F)nn2Cc2ccccc2)C(C)(C)C)CC(C)O1. The number of aromatic nitrogens is 3. The lowest BCUT2D eigenvalue weighted by Gasteiger charge is -2.45. The first-order valence-electron chi connectivity index (χ1n) is 14.9. The lowest BCUT2D eigenvalue weighted by molar-refractivity contribution is -0.0620. The second kappa shape index (κ2) is 12.7. The minimum atomic E-state index is -1.11. The lowest BCUT2D eigenvalue weighted by Crippen LogP contribution is -2.56. The van der Waals surface area contributed by atoms with Crippen LogP contribution in [0.25, 0.3) is 11.4 Å². The Bertz CT molecular complexity index is 1400. The molecule has 5 rings (SSSR count). The predicted octanol–water partition coefficient (Wildman–Crippen LogP) is 5.45. The van der Waals surface area contributed by atoms with Gasteiger partial charge in [0.25, 0.3) is 0 Å². The number of morpholine rings is 1. The zero-order chi connectivity index (χ0) is 30.9. The summed E-state index contributed by atoms with van der Waals surface area (Å²) in [7, 11) is 0. The zero-order valence-electron chi connectivity index (χ0n) is 25.4. The van der Waals surface area contributed by atoms with Crippen molar-refractivity contribution in [3.63, 3.8) is 0 Å². The average Bonchev–Trinajstić information content (AvgIpc) is 3.54. The fourth-order valence-corrected chi connectivity index (χ4v) is 6.15. The third-order valence-corrected chi connectivity index (χ3v) is 8.05. The normalized spacial score (nSPS) is 23.4. The van der Waals surface area contributed by atoms with Crippen LogP contribution in [0.15, 0.2) is 48.5 Å². The van der Waals surface area contributed by atoms with Gasteiger partial charge in [-0.2, -0.15) is 5.10 Å². The maximum absolute atomic E-state index is 15.1. The summed E-state index contributed by atoms with van der Waals surface area (Å²) >= 11 is 0. The summed E-state index contributed by atoms with van der Waals surface area (Å²) in [6.45, 7) is 11.7. The molecule has 2 amide bonds. The molecule has 1 N–H and O–H groups in total. The van der Waals surface area contributed by atoms with E-state index >= 15 is 4.39 Å². The Hall–Kier alpha value is -3.44. The average molecular weight is 599 g/mol. The van der Waals surface area contributed by atoms with Gasteiger partial charge in [-0.3, -0.25) is 0 Å². The van der Waals surface area contributed by atoms with Gasteiger partial charge in [-0.25, -0.2) is 27.6 Å². The summed E-state index contributed by atoms with van der Waals surface area (Å²) in [5.74, 6) is -1.25. The third kappa shape index (κ3) is 7.04. The Morgan fingerprint density at radius 1 is 1.09 bits per heavy atom. The van der Waals surface area contributed by atoms with E-state index in [0.717, 1.165) is 23.8 Å². The van der Waals surface area contributed by atoms with E-state index in [1.807, 2.05) is 65.0 Å². The number of hydrogen-bond acceptors (Lipinski definition) is 5. The molecular formula is C32H41F3N6O2. The van der Waals surface area contributed by atoms with Crippen molar-refractivity contribution in [1.82, 2.24) is 29.9 Å². The van der Waals surface area contributed by atoms with E-state index in [9.17, 15) is 13.6 Å². The molecule has 5 atom stereocenters. The number of amides is 2. The van der Waals surface area contributed by atoms with Crippen LogP contribution in [0, 0.1) is 23.0 Å². The Morgan fingerprint density at radius 3 is 2.42 bits per heavy atom. The molecular weight excluding hydrogens is 557 g/mol. The number of rotatable bonds is 7. The molecule has 1 aromatic heterocycles. The fraction of sp³-hybridized carbons (Fsp3) is 0.531. The number of carbonyl (C=O) groups excluding carboxylic acids is 1. The van der Waals surface area contributed by atoms with E-state index < -0.39 is 35.2 Å². The highest BCUT2D eigenvalue weighted by atomic mass is 19.1. The molecule has 0 aliphatic carbocycles. The van der Waals surface area contributed by atoms with Crippen molar-refractivity contribution in [3.8, 4) is 11.4 Å². The van der Waals surface area contributed by atoms with Gasteiger partial charge in [0.15, 0.2) is 11.6 Å². The molecule has 3 aromatic rings. The first kappa shape index (κ1) is 31.0. The molecule has 2 fully saturated rings. The van der Waals surface area contributed by atoms with E-state index in [1.54, 1.807) is 14.5 Å². The first-order valence-corrected chi connectivity index (χ1v) is 14.9. The van der Waals surface area contributed by atoms with Crippen molar-refractivity contribution in [2.24, 2.45) is 11.3 Å². The van der Waals surface area contributed by atoms with Crippen LogP contribution >= 0.6 is 0 Å². The van der Waals surface area contributed by atoms with Crippen LogP contribution in [0.3, 0.4) is 0 Å². The van der Waals surface area contributed by atoms with Crippen molar-refractivity contribution >= 4 is 6.03 Å². The molecule has 8 nitrogen and oxygen atoms in total. The molecule has 2 unspecified atom stereocenters. The van der Waals surface area contributed by atoms with E-state index in [-0.39, 0.29) is 49.3 Å². The van der Waals surface area contributed by atoms with Crippen molar-refractivity contribution in [1.29, 1.82) is 0 Å². The highest BCUT2D eigenvalue weighted by molar-refractivity contribution is 5.75. The van der Waals surface area contributed by atoms with Gasteiger partial charge >= 0.3 is 6.03 Å². The number of halogens is 3. The number of alkyl halides is 1. The Balaban J connectivity index is 1.65. The molecule has 0 saturated carbocycles. The Kier molecular flexibility index (Phi) is 9.12. The van der Waals surface area contributed by atoms with Crippen molar-refractivity contribution in [2.45, 2.75) is 65.6 Å². The van der Waals surface area contributed by atoms with Gasteiger partial charge in [0, 0.05) is 38.6 Å².